The number of carbonyl (C=O) groups is 1. The topological polar surface area (TPSA) is 64.0 Å². The maximum atomic E-state index is 13.5. The lowest BCUT2D eigenvalue weighted by Gasteiger charge is -2.14. The van der Waals surface area contributed by atoms with Crippen LogP contribution in [0.15, 0.2) is 82.7 Å². The van der Waals surface area contributed by atoms with E-state index in [1.807, 2.05) is 56.3 Å². The smallest absolute Gasteiger partial charge is 0.262 e. The van der Waals surface area contributed by atoms with Crippen molar-refractivity contribution in [2.75, 3.05) is 6.54 Å². The Kier molecular flexibility index (Phi) is 8.26. The number of aryl methyl sites for hydroxylation is 1. The number of aromatic nitrogens is 2. The number of thioether (sulfide) groups is 1. The number of nitrogens with one attached hydrogen (secondary N) is 1. The van der Waals surface area contributed by atoms with E-state index < -0.39 is 0 Å². The van der Waals surface area contributed by atoms with Crippen molar-refractivity contribution in [2.45, 2.75) is 37.7 Å². The lowest BCUT2D eigenvalue weighted by Crippen LogP contribution is -2.28. The molecule has 180 valence electrons. The first-order valence-electron chi connectivity index (χ1n) is 11.6. The molecule has 0 atom stereocenters. The highest BCUT2D eigenvalue weighted by atomic mass is 35.5. The average molecular weight is 506 g/mol. The fraction of sp³-hybridized carbons (Fsp3) is 0.250. The van der Waals surface area contributed by atoms with Crippen LogP contribution < -0.4 is 10.9 Å². The van der Waals surface area contributed by atoms with E-state index in [1.165, 1.54) is 11.8 Å². The van der Waals surface area contributed by atoms with Gasteiger partial charge in [-0.1, -0.05) is 79.7 Å². The molecule has 4 aromatic rings. The fourth-order valence-electron chi connectivity index (χ4n) is 3.71. The van der Waals surface area contributed by atoms with Crippen LogP contribution in [0.1, 0.15) is 35.3 Å². The zero-order valence-corrected chi connectivity index (χ0v) is 21.4. The van der Waals surface area contributed by atoms with Crippen molar-refractivity contribution in [1.82, 2.24) is 14.9 Å². The van der Waals surface area contributed by atoms with E-state index in [-0.39, 0.29) is 11.5 Å². The molecule has 0 aliphatic heterocycles. The van der Waals surface area contributed by atoms with Crippen molar-refractivity contribution in [1.29, 1.82) is 0 Å². The second kappa shape index (κ2) is 11.6. The Morgan fingerprint density at radius 1 is 1.03 bits per heavy atom. The molecule has 3 aromatic carbocycles. The van der Waals surface area contributed by atoms with Gasteiger partial charge in [-0.3, -0.25) is 14.2 Å². The summed E-state index contributed by atoms with van der Waals surface area (Å²) in [6.45, 7) is 5.19. The van der Waals surface area contributed by atoms with Gasteiger partial charge in [0.15, 0.2) is 5.16 Å². The Balaban J connectivity index is 1.68. The first-order chi connectivity index (χ1) is 16.9. The third-order valence-electron chi connectivity index (χ3n) is 5.58. The van der Waals surface area contributed by atoms with Crippen molar-refractivity contribution in [3.8, 4) is 0 Å². The van der Waals surface area contributed by atoms with Crippen molar-refractivity contribution in [2.24, 2.45) is 5.92 Å². The van der Waals surface area contributed by atoms with Gasteiger partial charge in [-0.15, -0.1) is 0 Å². The number of hydrogen-bond acceptors (Lipinski definition) is 4. The van der Waals surface area contributed by atoms with Crippen LogP contribution in [0.2, 0.25) is 5.02 Å². The van der Waals surface area contributed by atoms with E-state index in [0.29, 0.717) is 57.8 Å². The van der Waals surface area contributed by atoms with Crippen LogP contribution in [0.3, 0.4) is 0 Å². The number of halogens is 1. The van der Waals surface area contributed by atoms with Crippen LogP contribution in [-0.2, 0) is 18.7 Å². The predicted molar refractivity (Wildman–Crippen MR) is 144 cm³/mol. The SMILES string of the molecule is CC(C)CNC(=O)c1ccc2c(=O)n(CCc3ccccc3)c(SCc3cccc(Cl)c3)nc2c1. The number of carbonyl (C=O) groups excluding carboxylic acids is 1. The normalized spacial score (nSPS) is 11.2. The molecule has 0 aliphatic carbocycles. The molecule has 1 amide bonds. The van der Waals surface area contributed by atoms with Crippen LogP contribution in [0.4, 0.5) is 0 Å². The Morgan fingerprint density at radius 2 is 1.80 bits per heavy atom. The van der Waals surface area contributed by atoms with E-state index in [2.05, 4.69) is 17.4 Å². The maximum Gasteiger partial charge on any atom is 0.262 e. The Labute approximate surface area is 214 Å². The largest absolute Gasteiger partial charge is 0.352 e. The monoisotopic (exact) mass is 505 g/mol. The summed E-state index contributed by atoms with van der Waals surface area (Å²) in [5, 5.41) is 4.73. The molecule has 1 aromatic heterocycles. The predicted octanol–water partition coefficient (Wildman–Crippen LogP) is 5.97. The Morgan fingerprint density at radius 3 is 2.54 bits per heavy atom. The molecule has 0 spiro atoms. The summed E-state index contributed by atoms with van der Waals surface area (Å²) in [6, 6.07) is 22.9. The molecule has 35 heavy (non-hydrogen) atoms. The van der Waals surface area contributed by atoms with Gasteiger partial charge in [0.05, 0.1) is 10.9 Å². The molecule has 0 saturated heterocycles. The van der Waals surface area contributed by atoms with Crippen molar-refractivity contribution in [3.05, 3.63) is 105 Å². The van der Waals surface area contributed by atoms with Gasteiger partial charge < -0.3 is 5.32 Å². The fourth-order valence-corrected chi connectivity index (χ4v) is 4.89. The van der Waals surface area contributed by atoms with E-state index in [9.17, 15) is 9.59 Å². The minimum Gasteiger partial charge on any atom is -0.352 e. The second-order valence-corrected chi connectivity index (χ2v) is 10.2. The molecular weight excluding hydrogens is 478 g/mol. The summed E-state index contributed by atoms with van der Waals surface area (Å²) < 4.78 is 1.74. The highest BCUT2D eigenvalue weighted by Gasteiger charge is 2.15. The summed E-state index contributed by atoms with van der Waals surface area (Å²) in [5.74, 6) is 0.811. The van der Waals surface area contributed by atoms with Crippen molar-refractivity contribution >= 4 is 40.2 Å². The first kappa shape index (κ1) is 25.0. The Bertz CT molecular complexity index is 1390. The van der Waals surface area contributed by atoms with E-state index in [0.717, 1.165) is 11.1 Å². The van der Waals surface area contributed by atoms with Crippen molar-refractivity contribution in [3.63, 3.8) is 0 Å². The summed E-state index contributed by atoms with van der Waals surface area (Å²) in [4.78, 5) is 30.9. The van der Waals surface area contributed by atoms with Crippen LogP contribution in [-0.4, -0.2) is 22.0 Å². The number of rotatable bonds is 9. The lowest BCUT2D eigenvalue weighted by molar-refractivity contribution is 0.0949. The quantitative estimate of drug-likeness (QED) is 0.225. The molecule has 0 saturated carbocycles. The summed E-state index contributed by atoms with van der Waals surface area (Å²) in [5.41, 5.74) is 3.12. The molecule has 1 heterocycles. The minimum atomic E-state index is -0.163. The van der Waals surface area contributed by atoms with Gasteiger partial charge in [0.25, 0.3) is 11.5 Å². The number of hydrogen-bond donors (Lipinski definition) is 1. The number of benzene rings is 3. The summed E-state index contributed by atoms with van der Waals surface area (Å²) in [6.07, 6.45) is 0.717. The van der Waals surface area contributed by atoms with Crippen molar-refractivity contribution < 1.29 is 4.79 Å². The summed E-state index contributed by atoms with van der Waals surface area (Å²) >= 11 is 7.65. The molecule has 5 nitrogen and oxygen atoms in total. The average Bonchev–Trinajstić information content (AvgIpc) is 2.86. The van der Waals surface area contributed by atoms with Gasteiger partial charge in [-0.05, 0) is 53.8 Å². The zero-order chi connectivity index (χ0) is 24.8. The molecule has 0 radical (unpaired) electrons. The van der Waals surface area contributed by atoms with Crippen LogP contribution >= 0.6 is 23.4 Å². The number of nitrogens with zero attached hydrogens (tertiary/aromatic N) is 2. The molecular formula is C28H28ClN3O2S. The maximum absolute atomic E-state index is 13.5. The minimum absolute atomic E-state index is 0.103. The lowest BCUT2D eigenvalue weighted by atomic mass is 10.1. The van der Waals surface area contributed by atoms with Gasteiger partial charge in [0, 0.05) is 29.4 Å². The van der Waals surface area contributed by atoms with Gasteiger partial charge in [-0.25, -0.2) is 4.98 Å². The number of amides is 1. The highest BCUT2D eigenvalue weighted by Crippen LogP contribution is 2.24. The van der Waals surface area contributed by atoms with Crippen LogP contribution in [0.5, 0.6) is 0 Å². The van der Waals surface area contributed by atoms with E-state index in [4.69, 9.17) is 16.6 Å². The third kappa shape index (κ3) is 6.53. The standard InChI is InChI=1S/C28H28ClN3O2S/c1-19(2)17-30-26(33)22-11-12-24-25(16-22)31-28(35-18-21-9-6-10-23(29)15-21)32(27(24)34)14-13-20-7-4-3-5-8-20/h3-12,15-16,19H,13-14,17-18H2,1-2H3,(H,30,33). The molecule has 7 heteroatoms. The van der Waals surface area contributed by atoms with E-state index >= 15 is 0 Å². The van der Waals surface area contributed by atoms with Crippen LogP contribution in [0, 0.1) is 5.92 Å². The molecule has 0 aliphatic rings. The van der Waals surface area contributed by atoms with Gasteiger partial charge in [-0.2, -0.15) is 0 Å². The van der Waals surface area contributed by atoms with Gasteiger partial charge >= 0.3 is 0 Å². The molecule has 0 unspecified atom stereocenters. The highest BCUT2D eigenvalue weighted by molar-refractivity contribution is 7.98. The van der Waals surface area contributed by atoms with E-state index in [1.54, 1.807) is 22.8 Å². The third-order valence-corrected chi connectivity index (χ3v) is 6.86. The molecule has 1 N–H and O–H groups in total. The first-order valence-corrected chi connectivity index (χ1v) is 13.0. The van der Waals surface area contributed by atoms with Gasteiger partial charge in [0.2, 0.25) is 0 Å². The summed E-state index contributed by atoms with van der Waals surface area (Å²) in [7, 11) is 0. The molecule has 0 bridgehead atoms. The number of fused-ring (bicyclic) bond motifs is 1. The Hall–Kier alpha value is -3.09. The molecule has 4 rings (SSSR count). The molecule has 0 fully saturated rings. The van der Waals surface area contributed by atoms with Crippen LogP contribution in [0.25, 0.3) is 10.9 Å². The zero-order valence-electron chi connectivity index (χ0n) is 19.8. The van der Waals surface area contributed by atoms with Gasteiger partial charge in [0.1, 0.15) is 0 Å². The second-order valence-electron chi connectivity index (χ2n) is 8.84.